The third-order valence-corrected chi connectivity index (χ3v) is 5.45. The Bertz CT molecular complexity index is 894. The van der Waals surface area contributed by atoms with Crippen LogP contribution in [0.3, 0.4) is 0 Å². The lowest BCUT2D eigenvalue weighted by Gasteiger charge is -2.28. The Balaban J connectivity index is 2.15. The zero-order valence-corrected chi connectivity index (χ0v) is 19.5. The molecule has 2 aromatic carbocycles. The van der Waals surface area contributed by atoms with Crippen LogP contribution in [0.5, 0.6) is 5.75 Å². The van der Waals surface area contributed by atoms with Crippen molar-refractivity contribution in [1.29, 1.82) is 0 Å². The van der Waals surface area contributed by atoms with Crippen LogP contribution in [-0.2, 0) is 21.5 Å². The van der Waals surface area contributed by atoms with Gasteiger partial charge in [-0.05, 0) is 63.7 Å². The van der Waals surface area contributed by atoms with Crippen molar-refractivity contribution in [1.82, 2.24) is 10.2 Å². The molecule has 162 valence electrons. The van der Waals surface area contributed by atoms with Gasteiger partial charge in [0.25, 0.3) is 5.91 Å². The van der Waals surface area contributed by atoms with Gasteiger partial charge in [0.2, 0.25) is 5.91 Å². The maximum atomic E-state index is 13.2. The lowest BCUT2D eigenvalue weighted by atomic mass is 9.87. The van der Waals surface area contributed by atoms with Gasteiger partial charge in [-0.2, -0.15) is 0 Å². The van der Waals surface area contributed by atoms with Crippen molar-refractivity contribution in [2.24, 2.45) is 0 Å². The standard InChI is InChI=1S/C23H28BrFN2O3/c1-15(22(29)26-5)27(13-16-6-9-18(25)10-7-16)21(28)14-30-20-11-8-17(12-19(20)24)23(2,3)4/h6-12,15H,13-14H2,1-5H3,(H,26,29)/t15-/m0/s1. The Labute approximate surface area is 185 Å². The van der Waals surface area contributed by atoms with Crippen LogP contribution in [0.2, 0.25) is 0 Å². The second-order valence-corrected chi connectivity index (χ2v) is 8.98. The number of nitrogens with one attached hydrogen (secondary N) is 1. The summed E-state index contributed by atoms with van der Waals surface area (Å²) in [5, 5.41) is 2.56. The lowest BCUT2D eigenvalue weighted by Crippen LogP contribution is -2.48. The maximum absolute atomic E-state index is 13.2. The normalized spacial score (nSPS) is 12.2. The molecule has 2 amide bonds. The molecule has 0 aliphatic rings. The van der Waals surface area contributed by atoms with Gasteiger partial charge in [-0.15, -0.1) is 0 Å². The highest BCUT2D eigenvalue weighted by atomic mass is 79.9. The molecule has 2 aromatic rings. The smallest absolute Gasteiger partial charge is 0.261 e. The fraction of sp³-hybridized carbons (Fsp3) is 0.391. The van der Waals surface area contributed by atoms with E-state index in [1.165, 1.54) is 24.1 Å². The molecule has 0 spiro atoms. The van der Waals surface area contributed by atoms with Gasteiger partial charge < -0.3 is 15.0 Å². The summed E-state index contributed by atoms with van der Waals surface area (Å²) in [7, 11) is 1.52. The highest BCUT2D eigenvalue weighted by molar-refractivity contribution is 9.10. The van der Waals surface area contributed by atoms with E-state index in [0.717, 1.165) is 15.6 Å². The van der Waals surface area contributed by atoms with Crippen molar-refractivity contribution in [3.8, 4) is 5.75 Å². The lowest BCUT2D eigenvalue weighted by molar-refractivity contribution is -0.142. The monoisotopic (exact) mass is 478 g/mol. The Hall–Kier alpha value is -2.41. The number of carbonyl (C=O) groups is 2. The van der Waals surface area contributed by atoms with Gasteiger partial charge in [0.1, 0.15) is 17.6 Å². The largest absolute Gasteiger partial charge is 0.483 e. The summed E-state index contributed by atoms with van der Waals surface area (Å²) in [5.41, 5.74) is 1.85. The predicted molar refractivity (Wildman–Crippen MR) is 119 cm³/mol. The summed E-state index contributed by atoms with van der Waals surface area (Å²) in [6.45, 7) is 7.94. The highest BCUT2D eigenvalue weighted by Crippen LogP contribution is 2.31. The fourth-order valence-electron chi connectivity index (χ4n) is 2.88. The SMILES string of the molecule is CNC(=O)[C@H](C)N(Cc1ccc(F)cc1)C(=O)COc1ccc(C(C)(C)C)cc1Br. The van der Waals surface area contributed by atoms with Crippen molar-refractivity contribution in [2.75, 3.05) is 13.7 Å². The predicted octanol–water partition coefficient (Wildman–Crippen LogP) is 4.43. The van der Waals surface area contributed by atoms with Crippen molar-refractivity contribution in [2.45, 2.75) is 45.7 Å². The number of benzene rings is 2. The van der Waals surface area contributed by atoms with E-state index in [2.05, 4.69) is 42.0 Å². The van der Waals surface area contributed by atoms with E-state index in [1.54, 1.807) is 19.1 Å². The van der Waals surface area contributed by atoms with Crippen LogP contribution in [0, 0.1) is 5.82 Å². The summed E-state index contributed by atoms with van der Waals surface area (Å²) in [5.74, 6) is -0.447. The van der Waals surface area contributed by atoms with Gasteiger partial charge in [0.15, 0.2) is 6.61 Å². The van der Waals surface area contributed by atoms with E-state index in [-0.39, 0.29) is 36.2 Å². The molecule has 0 aromatic heterocycles. The van der Waals surface area contributed by atoms with E-state index in [9.17, 15) is 14.0 Å². The van der Waals surface area contributed by atoms with Crippen LogP contribution in [0.4, 0.5) is 4.39 Å². The maximum Gasteiger partial charge on any atom is 0.261 e. The molecule has 0 saturated carbocycles. The second-order valence-electron chi connectivity index (χ2n) is 8.12. The summed E-state index contributed by atoms with van der Waals surface area (Å²) in [4.78, 5) is 26.5. The third-order valence-electron chi connectivity index (χ3n) is 4.83. The molecule has 0 bridgehead atoms. The minimum atomic E-state index is -0.706. The summed E-state index contributed by atoms with van der Waals surface area (Å²) in [6, 6.07) is 10.9. The summed E-state index contributed by atoms with van der Waals surface area (Å²) < 4.78 is 19.7. The van der Waals surface area contributed by atoms with Gasteiger partial charge in [-0.1, -0.05) is 39.0 Å². The number of hydrogen-bond acceptors (Lipinski definition) is 3. The number of nitrogens with zero attached hydrogens (tertiary/aromatic N) is 1. The van der Waals surface area contributed by atoms with Crippen LogP contribution >= 0.6 is 15.9 Å². The molecule has 2 rings (SSSR count). The number of hydrogen-bond donors (Lipinski definition) is 1. The number of carbonyl (C=O) groups excluding carboxylic acids is 2. The van der Waals surface area contributed by atoms with Crippen molar-refractivity contribution < 1.29 is 18.7 Å². The van der Waals surface area contributed by atoms with Crippen LogP contribution in [0.15, 0.2) is 46.9 Å². The Kier molecular flexibility index (Phi) is 8.01. The van der Waals surface area contributed by atoms with Gasteiger partial charge in [0.05, 0.1) is 4.47 Å². The summed E-state index contributed by atoms with van der Waals surface area (Å²) >= 11 is 3.50. The molecular weight excluding hydrogens is 451 g/mol. The molecule has 1 atom stereocenters. The Morgan fingerprint density at radius 1 is 1.17 bits per heavy atom. The minimum Gasteiger partial charge on any atom is -0.483 e. The van der Waals surface area contributed by atoms with Crippen LogP contribution in [0.25, 0.3) is 0 Å². The molecule has 7 heteroatoms. The first-order valence-electron chi connectivity index (χ1n) is 9.71. The van der Waals surface area contributed by atoms with Gasteiger partial charge in [-0.3, -0.25) is 9.59 Å². The molecule has 0 heterocycles. The molecular formula is C23H28BrFN2O3. The highest BCUT2D eigenvalue weighted by Gasteiger charge is 2.26. The zero-order chi connectivity index (χ0) is 22.5. The first-order chi connectivity index (χ1) is 14.0. The average molecular weight is 479 g/mol. The molecule has 5 nitrogen and oxygen atoms in total. The van der Waals surface area contributed by atoms with E-state index < -0.39 is 6.04 Å². The van der Waals surface area contributed by atoms with E-state index in [0.29, 0.717) is 5.75 Å². The molecule has 0 aliphatic heterocycles. The van der Waals surface area contributed by atoms with Crippen LogP contribution in [0.1, 0.15) is 38.8 Å². The minimum absolute atomic E-state index is 0.00816. The molecule has 0 fully saturated rings. The molecule has 0 unspecified atom stereocenters. The molecule has 0 aliphatic carbocycles. The Morgan fingerprint density at radius 2 is 1.80 bits per heavy atom. The van der Waals surface area contributed by atoms with E-state index in [4.69, 9.17) is 4.74 Å². The van der Waals surface area contributed by atoms with Gasteiger partial charge in [-0.25, -0.2) is 4.39 Å². The topological polar surface area (TPSA) is 58.6 Å². The number of amides is 2. The molecule has 1 N–H and O–H groups in total. The van der Waals surface area contributed by atoms with Crippen molar-refractivity contribution in [3.63, 3.8) is 0 Å². The first kappa shape index (κ1) is 23.9. The first-order valence-corrected chi connectivity index (χ1v) is 10.5. The zero-order valence-electron chi connectivity index (χ0n) is 18.0. The number of likely N-dealkylation sites (N-methyl/N-ethyl adjacent to an activating group) is 1. The number of ether oxygens (including phenoxy) is 1. The van der Waals surface area contributed by atoms with Crippen LogP contribution in [-0.4, -0.2) is 36.4 Å². The van der Waals surface area contributed by atoms with Gasteiger partial charge in [0, 0.05) is 13.6 Å². The third kappa shape index (κ3) is 6.29. The quantitative estimate of drug-likeness (QED) is 0.640. The van der Waals surface area contributed by atoms with Crippen LogP contribution < -0.4 is 10.1 Å². The van der Waals surface area contributed by atoms with E-state index >= 15 is 0 Å². The summed E-state index contributed by atoms with van der Waals surface area (Å²) in [6.07, 6.45) is 0. The van der Waals surface area contributed by atoms with Gasteiger partial charge >= 0.3 is 0 Å². The van der Waals surface area contributed by atoms with Crippen molar-refractivity contribution in [3.05, 3.63) is 63.9 Å². The fourth-order valence-corrected chi connectivity index (χ4v) is 3.38. The van der Waals surface area contributed by atoms with Crippen molar-refractivity contribution >= 4 is 27.7 Å². The second kappa shape index (κ2) is 10.1. The number of halogens is 2. The molecule has 0 saturated heterocycles. The molecule has 0 radical (unpaired) electrons. The Morgan fingerprint density at radius 3 is 2.33 bits per heavy atom. The molecule has 30 heavy (non-hydrogen) atoms. The van der Waals surface area contributed by atoms with E-state index in [1.807, 2.05) is 18.2 Å². The average Bonchev–Trinajstić information content (AvgIpc) is 2.70. The number of rotatable bonds is 7.